The van der Waals surface area contributed by atoms with Gasteiger partial charge in [0.05, 0.1) is 5.92 Å². The van der Waals surface area contributed by atoms with Crippen LogP contribution in [-0.4, -0.2) is 57.9 Å². The monoisotopic (exact) mass is 278 g/mol. The summed E-state index contributed by atoms with van der Waals surface area (Å²) in [6.45, 7) is 3.54. The molecule has 0 aliphatic heterocycles. The van der Waals surface area contributed by atoms with Crippen molar-refractivity contribution in [3.05, 3.63) is 0 Å². The van der Waals surface area contributed by atoms with E-state index in [1.54, 1.807) is 20.2 Å². The molecule has 0 radical (unpaired) electrons. The third-order valence-corrected chi connectivity index (χ3v) is 3.33. The van der Waals surface area contributed by atoms with Gasteiger partial charge in [-0.3, -0.25) is 9.00 Å². The summed E-state index contributed by atoms with van der Waals surface area (Å²) < 4.78 is 10.9. The Bertz CT molecular complexity index is 322. The Kier molecular flexibility index (Phi) is 7.58. The van der Waals surface area contributed by atoms with Crippen LogP contribution in [-0.2, 0) is 15.6 Å². The van der Waals surface area contributed by atoms with E-state index in [1.165, 1.54) is 4.90 Å². The minimum atomic E-state index is -0.927. The van der Waals surface area contributed by atoms with Gasteiger partial charge in [0.1, 0.15) is 0 Å². The highest BCUT2D eigenvalue weighted by Gasteiger charge is 2.18. The maximum Gasteiger partial charge on any atom is 0.317 e. The molecule has 0 spiro atoms. The highest BCUT2D eigenvalue weighted by molar-refractivity contribution is 7.84. The maximum absolute atomic E-state index is 11.7. The molecule has 0 aromatic carbocycles. The number of nitrogens with one attached hydrogen (secondary N) is 1. The topological polar surface area (TPSA) is 86.7 Å². The largest absolute Gasteiger partial charge is 0.481 e. The lowest BCUT2D eigenvalue weighted by molar-refractivity contribution is -0.141. The first-order chi connectivity index (χ1) is 8.23. The van der Waals surface area contributed by atoms with Gasteiger partial charge in [-0.1, -0.05) is 6.92 Å². The fourth-order valence-corrected chi connectivity index (χ4v) is 1.99. The molecule has 0 aliphatic carbocycles. The summed E-state index contributed by atoms with van der Waals surface area (Å²) in [6.07, 6.45) is 2.26. The molecule has 2 amide bonds. The Morgan fingerprint density at radius 2 is 1.94 bits per heavy atom. The summed E-state index contributed by atoms with van der Waals surface area (Å²) >= 11 is 0. The zero-order valence-corrected chi connectivity index (χ0v) is 12.1. The van der Waals surface area contributed by atoms with Crippen molar-refractivity contribution < 1.29 is 18.9 Å². The predicted molar refractivity (Wildman–Crippen MR) is 71.0 cm³/mol. The molecule has 0 aromatic rings. The van der Waals surface area contributed by atoms with E-state index in [2.05, 4.69) is 5.32 Å². The number of carboxylic acid groups (broad SMARTS) is 1. The molecule has 0 saturated carbocycles. The second-order valence-electron chi connectivity index (χ2n) is 4.54. The van der Waals surface area contributed by atoms with Crippen LogP contribution >= 0.6 is 0 Å². The van der Waals surface area contributed by atoms with Crippen molar-refractivity contribution in [3.8, 4) is 0 Å². The molecule has 18 heavy (non-hydrogen) atoms. The van der Waals surface area contributed by atoms with E-state index in [1.807, 2.05) is 6.92 Å². The van der Waals surface area contributed by atoms with Gasteiger partial charge < -0.3 is 15.3 Å². The summed E-state index contributed by atoms with van der Waals surface area (Å²) in [5, 5.41) is 11.5. The average Bonchev–Trinajstić information content (AvgIpc) is 2.25. The third-order valence-electron chi connectivity index (χ3n) is 2.52. The number of hydrogen-bond donors (Lipinski definition) is 2. The van der Waals surface area contributed by atoms with Crippen molar-refractivity contribution in [3.63, 3.8) is 0 Å². The second-order valence-corrected chi connectivity index (χ2v) is 6.09. The van der Waals surface area contributed by atoms with E-state index in [-0.39, 0.29) is 18.6 Å². The van der Waals surface area contributed by atoms with E-state index in [0.29, 0.717) is 12.2 Å². The fourth-order valence-electron chi connectivity index (χ4n) is 1.31. The molecular weight excluding hydrogens is 256 g/mol. The highest BCUT2D eigenvalue weighted by atomic mass is 32.2. The van der Waals surface area contributed by atoms with Gasteiger partial charge in [-0.2, -0.15) is 0 Å². The van der Waals surface area contributed by atoms with Gasteiger partial charge in [0.15, 0.2) is 0 Å². The summed E-state index contributed by atoms with van der Waals surface area (Å²) in [5.41, 5.74) is 0. The first kappa shape index (κ1) is 16.9. The lowest BCUT2D eigenvalue weighted by Crippen LogP contribution is -2.44. The van der Waals surface area contributed by atoms with Gasteiger partial charge >= 0.3 is 12.0 Å². The number of carbonyl (C=O) groups is 2. The van der Waals surface area contributed by atoms with Crippen molar-refractivity contribution in [2.45, 2.75) is 26.3 Å². The van der Waals surface area contributed by atoms with Crippen LogP contribution in [0, 0.1) is 5.92 Å². The molecule has 0 aromatic heterocycles. The van der Waals surface area contributed by atoms with Crippen LogP contribution in [0.1, 0.15) is 20.3 Å². The number of aliphatic carboxylic acids is 1. The van der Waals surface area contributed by atoms with Crippen molar-refractivity contribution >= 4 is 22.8 Å². The van der Waals surface area contributed by atoms with E-state index in [9.17, 15) is 13.8 Å². The van der Waals surface area contributed by atoms with Crippen LogP contribution in [0.2, 0.25) is 0 Å². The van der Waals surface area contributed by atoms with Gasteiger partial charge in [-0.05, 0) is 13.3 Å². The van der Waals surface area contributed by atoms with Gasteiger partial charge in [-0.25, -0.2) is 4.79 Å². The number of rotatable bonds is 7. The van der Waals surface area contributed by atoms with Gasteiger partial charge in [0.2, 0.25) is 0 Å². The number of nitrogens with zero attached hydrogens (tertiary/aromatic N) is 1. The van der Waals surface area contributed by atoms with E-state index in [4.69, 9.17) is 5.11 Å². The summed E-state index contributed by atoms with van der Waals surface area (Å²) in [7, 11) is 0.685. The second kappa shape index (κ2) is 8.07. The zero-order valence-electron chi connectivity index (χ0n) is 11.3. The van der Waals surface area contributed by atoms with Crippen molar-refractivity contribution in [1.29, 1.82) is 0 Å². The standard InChI is InChI=1S/C11H22N2O4S/c1-8(10(14)15)7-13(3)11(16)12-9(2)5-6-18(4)17/h8-9H,5-7H2,1-4H3,(H,12,16)(H,14,15). The highest BCUT2D eigenvalue weighted by Crippen LogP contribution is 2.00. The molecule has 3 atom stereocenters. The van der Waals surface area contributed by atoms with Crippen LogP contribution in [0.3, 0.4) is 0 Å². The lowest BCUT2D eigenvalue weighted by Gasteiger charge is -2.22. The number of hydrogen-bond acceptors (Lipinski definition) is 3. The molecule has 2 N–H and O–H groups in total. The Morgan fingerprint density at radius 1 is 1.39 bits per heavy atom. The molecule has 7 heteroatoms. The SMILES string of the molecule is CC(CCS(C)=O)NC(=O)N(C)CC(C)C(=O)O. The summed E-state index contributed by atoms with van der Waals surface area (Å²) in [6, 6.07) is -0.388. The van der Waals surface area contributed by atoms with Gasteiger partial charge in [0, 0.05) is 42.4 Å². The first-order valence-corrected chi connectivity index (χ1v) is 7.51. The Hall–Kier alpha value is -1.11. The predicted octanol–water partition coefficient (Wildman–Crippen LogP) is 0.506. The molecule has 6 nitrogen and oxygen atoms in total. The normalized spacial score (nSPS) is 15.6. The molecule has 3 unspecified atom stereocenters. The molecular formula is C11H22N2O4S. The Morgan fingerprint density at radius 3 is 2.39 bits per heavy atom. The Labute approximate surface area is 110 Å². The van der Waals surface area contributed by atoms with E-state index in [0.717, 1.165) is 0 Å². The van der Waals surface area contributed by atoms with Crippen LogP contribution in [0.5, 0.6) is 0 Å². The van der Waals surface area contributed by atoms with Crippen molar-refractivity contribution in [2.24, 2.45) is 5.92 Å². The number of carboxylic acids is 1. The van der Waals surface area contributed by atoms with Crippen LogP contribution < -0.4 is 5.32 Å². The van der Waals surface area contributed by atoms with Crippen molar-refractivity contribution in [1.82, 2.24) is 10.2 Å². The molecule has 0 bridgehead atoms. The van der Waals surface area contributed by atoms with Gasteiger partial charge in [-0.15, -0.1) is 0 Å². The maximum atomic E-state index is 11.7. The molecule has 0 rings (SSSR count). The summed E-state index contributed by atoms with van der Waals surface area (Å²) in [5.74, 6) is -0.986. The van der Waals surface area contributed by atoms with E-state index >= 15 is 0 Å². The average molecular weight is 278 g/mol. The third kappa shape index (κ3) is 7.26. The smallest absolute Gasteiger partial charge is 0.317 e. The lowest BCUT2D eigenvalue weighted by atomic mass is 10.2. The summed E-state index contributed by atoms with van der Waals surface area (Å²) in [4.78, 5) is 23.7. The quantitative estimate of drug-likeness (QED) is 0.710. The van der Waals surface area contributed by atoms with Gasteiger partial charge in [0.25, 0.3) is 0 Å². The zero-order chi connectivity index (χ0) is 14.3. The fraction of sp³-hybridized carbons (Fsp3) is 0.818. The van der Waals surface area contributed by atoms with Crippen LogP contribution in [0.15, 0.2) is 0 Å². The molecule has 0 fully saturated rings. The molecule has 0 aliphatic rings. The molecule has 0 saturated heterocycles. The Balaban J connectivity index is 4.07. The van der Waals surface area contributed by atoms with Crippen LogP contribution in [0.25, 0.3) is 0 Å². The first-order valence-electron chi connectivity index (χ1n) is 5.78. The number of urea groups is 1. The van der Waals surface area contributed by atoms with E-state index < -0.39 is 22.7 Å². The molecule has 0 heterocycles. The minimum Gasteiger partial charge on any atom is -0.481 e. The van der Waals surface area contributed by atoms with Crippen LogP contribution in [0.4, 0.5) is 4.79 Å². The van der Waals surface area contributed by atoms with Crippen molar-refractivity contribution in [2.75, 3.05) is 25.6 Å². The molecule has 106 valence electrons. The number of amides is 2. The number of carbonyl (C=O) groups excluding carboxylic acids is 1. The minimum absolute atomic E-state index is 0.0796.